The van der Waals surface area contributed by atoms with Crippen LogP contribution in [0.1, 0.15) is 5.82 Å². The zero-order valence-corrected chi connectivity index (χ0v) is 12.2. The van der Waals surface area contributed by atoms with E-state index in [0.717, 1.165) is 9.26 Å². The van der Waals surface area contributed by atoms with Crippen LogP contribution >= 0.6 is 22.6 Å². The number of hydrogen-bond acceptors (Lipinski definition) is 5. The first kappa shape index (κ1) is 12.3. The van der Waals surface area contributed by atoms with E-state index in [1.54, 1.807) is 11.9 Å². The number of halogens is 1. The second-order valence-electron chi connectivity index (χ2n) is 4.08. The molecule has 98 valence electrons. The fraction of sp³-hybridized carbons (Fsp3) is 0.273. The van der Waals surface area contributed by atoms with Crippen LogP contribution in [0.2, 0.25) is 0 Å². The summed E-state index contributed by atoms with van der Waals surface area (Å²) in [4.78, 5) is 15.0. The molecule has 0 fully saturated rings. The van der Waals surface area contributed by atoms with Crippen LogP contribution in [-0.2, 0) is 18.4 Å². The minimum Gasteiger partial charge on any atom is -0.482 e. The van der Waals surface area contributed by atoms with Crippen molar-refractivity contribution >= 4 is 34.2 Å². The van der Waals surface area contributed by atoms with Crippen molar-refractivity contribution in [1.29, 1.82) is 0 Å². The second-order valence-corrected chi connectivity index (χ2v) is 5.32. The van der Waals surface area contributed by atoms with Gasteiger partial charge >= 0.3 is 0 Å². The molecular formula is C11H10IN5O2. The van der Waals surface area contributed by atoms with Gasteiger partial charge in [-0.25, -0.2) is 0 Å². The predicted molar refractivity (Wildman–Crippen MR) is 74.6 cm³/mol. The van der Waals surface area contributed by atoms with E-state index < -0.39 is 0 Å². The molecule has 0 aliphatic carbocycles. The molecule has 3 rings (SSSR count). The number of carbonyl (C=O) groups excluding carboxylic acids is 1. The van der Waals surface area contributed by atoms with Crippen LogP contribution < -0.4 is 9.64 Å². The quantitative estimate of drug-likeness (QED) is 0.729. The number of hydrogen-bond donors (Lipinski definition) is 0. The van der Waals surface area contributed by atoms with Crippen molar-refractivity contribution in [2.75, 3.05) is 11.5 Å². The largest absolute Gasteiger partial charge is 0.482 e. The summed E-state index contributed by atoms with van der Waals surface area (Å²) in [6.45, 7) is 0.330. The van der Waals surface area contributed by atoms with Crippen molar-refractivity contribution in [3.05, 3.63) is 27.6 Å². The highest BCUT2D eigenvalue weighted by Gasteiger charge is 2.26. The van der Waals surface area contributed by atoms with Crippen molar-refractivity contribution in [3.8, 4) is 5.75 Å². The van der Waals surface area contributed by atoms with Crippen LogP contribution in [0.15, 0.2) is 18.2 Å². The number of amides is 1. The summed E-state index contributed by atoms with van der Waals surface area (Å²) in [5.74, 6) is 1.09. The Morgan fingerprint density at radius 3 is 3.05 bits per heavy atom. The Hall–Kier alpha value is -1.71. The number of rotatable bonds is 2. The average Bonchev–Trinajstić information content (AvgIpc) is 2.79. The number of fused-ring (bicyclic) bond motifs is 1. The molecule has 0 atom stereocenters. The van der Waals surface area contributed by atoms with Crippen LogP contribution in [-0.4, -0.2) is 32.7 Å². The summed E-state index contributed by atoms with van der Waals surface area (Å²) in [5.41, 5.74) is 0.746. The number of anilines is 1. The lowest BCUT2D eigenvalue weighted by atomic mass is 10.2. The van der Waals surface area contributed by atoms with Gasteiger partial charge in [0.1, 0.15) is 5.75 Å². The smallest absolute Gasteiger partial charge is 0.265 e. The van der Waals surface area contributed by atoms with Crippen molar-refractivity contribution in [2.24, 2.45) is 7.05 Å². The third-order valence-electron chi connectivity index (χ3n) is 2.71. The molecule has 2 heterocycles. The number of ether oxygens (including phenoxy) is 1. The zero-order valence-electron chi connectivity index (χ0n) is 10.1. The summed E-state index contributed by atoms with van der Waals surface area (Å²) in [7, 11) is 1.69. The molecule has 0 saturated carbocycles. The minimum absolute atomic E-state index is 0.0356. The standard InChI is InChI=1S/C11H10IN5O2/c1-16-14-10(13-15-16)5-17-8-4-7(12)2-3-9(8)19-6-11(17)18/h2-4H,5-6H2,1H3. The predicted octanol–water partition coefficient (Wildman–Crippen LogP) is 0.740. The molecule has 0 unspecified atom stereocenters. The zero-order chi connectivity index (χ0) is 13.4. The van der Waals surface area contributed by atoms with Crippen LogP contribution in [0, 0.1) is 3.57 Å². The van der Waals surface area contributed by atoms with Crippen LogP contribution in [0.5, 0.6) is 5.75 Å². The van der Waals surface area contributed by atoms with Gasteiger partial charge in [0.05, 0.1) is 19.3 Å². The number of aromatic nitrogens is 4. The lowest BCUT2D eigenvalue weighted by Gasteiger charge is -2.28. The minimum atomic E-state index is -0.109. The van der Waals surface area contributed by atoms with Crippen LogP contribution in [0.4, 0.5) is 5.69 Å². The van der Waals surface area contributed by atoms with E-state index in [2.05, 4.69) is 38.0 Å². The summed E-state index contributed by atoms with van der Waals surface area (Å²) in [6, 6.07) is 5.71. The highest BCUT2D eigenvalue weighted by atomic mass is 127. The van der Waals surface area contributed by atoms with Crippen molar-refractivity contribution in [2.45, 2.75) is 6.54 Å². The first-order chi connectivity index (χ1) is 9.13. The first-order valence-corrected chi connectivity index (χ1v) is 6.67. The van der Waals surface area contributed by atoms with Crippen LogP contribution in [0.3, 0.4) is 0 Å². The second kappa shape index (κ2) is 4.76. The topological polar surface area (TPSA) is 73.1 Å². The SMILES string of the molecule is Cn1nnc(CN2C(=O)COc3ccc(I)cc32)n1. The molecule has 0 bridgehead atoms. The van der Waals surface area contributed by atoms with Crippen LogP contribution in [0.25, 0.3) is 0 Å². The monoisotopic (exact) mass is 371 g/mol. The lowest BCUT2D eigenvalue weighted by molar-refractivity contribution is -0.121. The third kappa shape index (κ3) is 2.39. The molecule has 1 aromatic heterocycles. The first-order valence-electron chi connectivity index (χ1n) is 5.59. The summed E-state index contributed by atoms with van der Waals surface area (Å²) < 4.78 is 6.44. The van der Waals surface area contributed by atoms with Crippen molar-refractivity contribution < 1.29 is 9.53 Å². The summed E-state index contributed by atoms with van der Waals surface area (Å²) >= 11 is 2.20. The maximum Gasteiger partial charge on any atom is 0.265 e. The van der Waals surface area contributed by atoms with E-state index in [1.165, 1.54) is 4.80 Å². The molecule has 1 aromatic carbocycles. The van der Waals surface area contributed by atoms with Gasteiger partial charge in [-0.05, 0) is 46.0 Å². The molecule has 7 nitrogen and oxygen atoms in total. The highest BCUT2D eigenvalue weighted by Crippen LogP contribution is 2.33. The number of aryl methyl sites for hydroxylation is 1. The molecule has 8 heteroatoms. The van der Waals surface area contributed by atoms with Gasteiger partial charge in [0.15, 0.2) is 12.4 Å². The van der Waals surface area contributed by atoms with Gasteiger partial charge in [-0.1, -0.05) is 0 Å². The molecule has 2 aromatic rings. The number of nitrogens with zero attached hydrogens (tertiary/aromatic N) is 5. The molecule has 1 aliphatic rings. The fourth-order valence-corrected chi connectivity index (χ4v) is 2.35. The fourth-order valence-electron chi connectivity index (χ4n) is 1.88. The molecule has 1 aliphatic heterocycles. The summed E-state index contributed by atoms with van der Waals surface area (Å²) in [6.07, 6.45) is 0. The Kier molecular flexibility index (Phi) is 3.09. The van der Waals surface area contributed by atoms with E-state index in [-0.39, 0.29) is 12.5 Å². The van der Waals surface area contributed by atoms with Gasteiger partial charge < -0.3 is 4.74 Å². The lowest BCUT2D eigenvalue weighted by Crippen LogP contribution is -2.38. The maximum absolute atomic E-state index is 12.0. The van der Waals surface area contributed by atoms with E-state index in [0.29, 0.717) is 18.1 Å². The van der Waals surface area contributed by atoms with E-state index in [1.807, 2.05) is 18.2 Å². The van der Waals surface area contributed by atoms with Crippen molar-refractivity contribution in [1.82, 2.24) is 20.2 Å². The van der Waals surface area contributed by atoms with Gasteiger partial charge in [0.25, 0.3) is 5.91 Å². The van der Waals surface area contributed by atoms with Crippen molar-refractivity contribution in [3.63, 3.8) is 0 Å². The Labute approximate surface area is 122 Å². The maximum atomic E-state index is 12.0. The van der Waals surface area contributed by atoms with Gasteiger partial charge in [0, 0.05) is 3.57 Å². The number of benzene rings is 1. The molecule has 0 spiro atoms. The summed E-state index contributed by atoms with van der Waals surface area (Å²) in [5, 5.41) is 11.8. The normalized spacial score (nSPS) is 14.2. The van der Waals surface area contributed by atoms with Gasteiger partial charge in [-0.2, -0.15) is 4.80 Å². The third-order valence-corrected chi connectivity index (χ3v) is 3.38. The number of carbonyl (C=O) groups is 1. The van der Waals surface area contributed by atoms with Gasteiger partial charge in [-0.3, -0.25) is 9.69 Å². The molecule has 19 heavy (non-hydrogen) atoms. The van der Waals surface area contributed by atoms with E-state index in [4.69, 9.17) is 4.74 Å². The number of tetrazole rings is 1. The molecule has 0 radical (unpaired) electrons. The Balaban J connectivity index is 1.96. The van der Waals surface area contributed by atoms with Gasteiger partial charge in [0.2, 0.25) is 0 Å². The molecule has 0 N–H and O–H groups in total. The van der Waals surface area contributed by atoms with E-state index in [9.17, 15) is 4.79 Å². The molecular weight excluding hydrogens is 361 g/mol. The Morgan fingerprint density at radius 1 is 1.47 bits per heavy atom. The Bertz CT molecular complexity index is 642. The van der Waals surface area contributed by atoms with Gasteiger partial charge in [-0.15, -0.1) is 10.2 Å². The highest BCUT2D eigenvalue weighted by molar-refractivity contribution is 14.1. The van der Waals surface area contributed by atoms with E-state index >= 15 is 0 Å². The molecule has 0 saturated heterocycles. The molecule has 1 amide bonds. The average molecular weight is 371 g/mol. The Morgan fingerprint density at radius 2 is 2.32 bits per heavy atom.